The Bertz CT molecular complexity index is 392. The highest BCUT2D eigenvalue weighted by Gasteiger charge is 2.54. The molecule has 20 heavy (non-hydrogen) atoms. The summed E-state index contributed by atoms with van der Waals surface area (Å²) in [6.45, 7) is 4.53. The Morgan fingerprint density at radius 1 is 1.45 bits per heavy atom. The largest absolute Gasteiger partial charge is 0.481 e. The molecule has 0 aromatic heterocycles. The molecule has 0 aliphatic heterocycles. The predicted molar refractivity (Wildman–Crippen MR) is 75.2 cm³/mol. The number of hydrogen-bond donors (Lipinski definition) is 2. The number of ketones is 1. The van der Waals surface area contributed by atoms with Crippen LogP contribution in [0.1, 0.15) is 52.4 Å². The van der Waals surface area contributed by atoms with Crippen LogP contribution in [0.5, 0.6) is 0 Å². The lowest BCUT2D eigenvalue weighted by Crippen LogP contribution is -2.43. The first-order valence-electron chi connectivity index (χ1n) is 7.75. The summed E-state index contributed by atoms with van der Waals surface area (Å²) in [5.41, 5.74) is 0.0965. The van der Waals surface area contributed by atoms with E-state index in [1.807, 2.05) is 0 Å². The molecule has 0 bridgehead atoms. The topological polar surface area (TPSA) is 74.6 Å². The van der Waals surface area contributed by atoms with Crippen LogP contribution in [0.4, 0.5) is 0 Å². The zero-order chi connectivity index (χ0) is 14.9. The lowest BCUT2D eigenvalue weighted by atomic mass is 9.58. The van der Waals surface area contributed by atoms with Crippen molar-refractivity contribution >= 4 is 11.8 Å². The Kier molecular flexibility index (Phi) is 4.52. The van der Waals surface area contributed by atoms with E-state index in [2.05, 4.69) is 13.8 Å². The standard InChI is InChI=1S/C16H26O4/c1-10(9-17)12-4-5-13-11(3-6-15(19)20)14(18)7-8-16(12,13)2/h10-13,17H,3-9H2,1-2H3,(H,19,20)/t10-,11+,12?,13?,16-/m1/s1. The van der Waals surface area contributed by atoms with E-state index in [9.17, 15) is 14.7 Å². The van der Waals surface area contributed by atoms with Gasteiger partial charge in [0.1, 0.15) is 5.78 Å². The number of carbonyl (C=O) groups is 2. The fourth-order valence-corrected chi connectivity index (χ4v) is 4.83. The fourth-order valence-electron chi connectivity index (χ4n) is 4.83. The third-order valence-electron chi connectivity index (χ3n) is 5.94. The van der Waals surface area contributed by atoms with E-state index < -0.39 is 5.97 Å². The summed E-state index contributed by atoms with van der Waals surface area (Å²) >= 11 is 0. The molecule has 4 nitrogen and oxygen atoms in total. The zero-order valence-electron chi connectivity index (χ0n) is 12.5. The number of hydrogen-bond acceptors (Lipinski definition) is 3. The van der Waals surface area contributed by atoms with Crippen LogP contribution < -0.4 is 0 Å². The van der Waals surface area contributed by atoms with Crippen LogP contribution in [0.3, 0.4) is 0 Å². The number of carboxylic acid groups (broad SMARTS) is 1. The summed E-state index contributed by atoms with van der Waals surface area (Å²) in [7, 11) is 0. The van der Waals surface area contributed by atoms with Crippen LogP contribution in [0.25, 0.3) is 0 Å². The van der Waals surface area contributed by atoms with Gasteiger partial charge in [-0.25, -0.2) is 0 Å². The Morgan fingerprint density at radius 2 is 2.15 bits per heavy atom. The van der Waals surface area contributed by atoms with Crippen molar-refractivity contribution in [3.05, 3.63) is 0 Å². The van der Waals surface area contributed by atoms with Gasteiger partial charge in [-0.05, 0) is 48.9 Å². The Hall–Kier alpha value is -0.900. The Labute approximate surface area is 120 Å². The van der Waals surface area contributed by atoms with Gasteiger partial charge in [-0.1, -0.05) is 13.8 Å². The van der Waals surface area contributed by atoms with Crippen molar-refractivity contribution in [1.82, 2.24) is 0 Å². The number of aliphatic carboxylic acids is 1. The van der Waals surface area contributed by atoms with E-state index in [4.69, 9.17) is 5.11 Å². The maximum absolute atomic E-state index is 12.2. The minimum absolute atomic E-state index is 0.0826. The predicted octanol–water partition coefficient (Wildman–Crippen LogP) is 2.49. The highest BCUT2D eigenvalue weighted by Crippen LogP contribution is 2.59. The SMILES string of the molecule is C[C@H](CO)C1CCC2[C@H](CCC(=O)O)C(=O)CC[C@]12C. The van der Waals surface area contributed by atoms with Crippen LogP contribution >= 0.6 is 0 Å². The van der Waals surface area contributed by atoms with Crippen molar-refractivity contribution in [2.24, 2.45) is 29.1 Å². The minimum Gasteiger partial charge on any atom is -0.481 e. The molecule has 4 heteroatoms. The minimum atomic E-state index is -0.816. The third-order valence-corrected chi connectivity index (χ3v) is 5.94. The van der Waals surface area contributed by atoms with E-state index in [0.29, 0.717) is 24.7 Å². The zero-order valence-corrected chi connectivity index (χ0v) is 12.5. The molecule has 2 N–H and O–H groups in total. The maximum Gasteiger partial charge on any atom is 0.303 e. The first-order valence-corrected chi connectivity index (χ1v) is 7.75. The molecular formula is C16H26O4. The molecule has 0 aromatic rings. The number of aliphatic hydroxyl groups is 1. The second-order valence-corrected chi connectivity index (χ2v) is 6.96. The van der Waals surface area contributed by atoms with Crippen molar-refractivity contribution in [2.75, 3.05) is 6.61 Å². The van der Waals surface area contributed by atoms with Crippen LogP contribution in [0.2, 0.25) is 0 Å². The van der Waals surface area contributed by atoms with Gasteiger partial charge >= 0.3 is 5.97 Å². The number of rotatable bonds is 5. The average Bonchev–Trinajstić information content (AvgIpc) is 2.75. The average molecular weight is 282 g/mol. The molecule has 0 saturated heterocycles. The molecule has 0 amide bonds. The van der Waals surface area contributed by atoms with Gasteiger partial charge in [0.25, 0.3) is 0 Å². The van der Waals surface area contributed by atoms with Crippen LogP contribution in [0, 0.1) is 29.1 Å². The maximum atomic E-state index is 12.2. The van der Waals surface area contributed by atoms with Crippen molar-refractivity contribution < 1.29 is 19.8 Å². The number of carboxylic acids is 1. The summed E-state index contributed by atoms with van der Waals surface area (Å²) < 4.78 is 0. The molecule has 2 aliphatic rings. The van der Waals surface area contributed by atoms with E-state index in [1.165, 1.54) is 0 Å². The molecule has 0 radical (unpaired) electrons. The van der Waals surface area contributed by atoms with Gasteiger partial charge in [0.2, 0.25) is 0 Å². The fraction of sp³-hybridized carbons (Fsp3) is 0.875. The van der Waals surface area contributed by atoms with Gasteiger partial charge in [-0.3, -0.25) is 9.59 Å². The summed E-state index contributed by atoms with van der Waals surface area (Å²) in [6, 6.07) is 0. The second-order valence-electron chi connectivity index (χ2n) is 6.96. The molecule has 0 heterocycles. The van der Waals surface area contributed by atoms with Gasteiger partial charge in [0, 0.05) is 25.4 Å². The lowest BCUT2D eigenvalue weighted by Gasteiger charge is -2.45. The molecular weight excluding hydrogens is 256 g/mol. The van der Waals surface area contributed by atoms with Crippen molar-refractivity contribution in [3.8, 4) is 0 Å². The van der Waals surface area contributed by atoms with Gasteiger partial charge in [-0.15, -0.1) is 0 Å². The molecule has 2 saturated carbocycles. The molecule has 2 aliphatic carbocycles. The van der Waals surface area contributed by atoms with Gasteiger partial charge in [-0.2, -0.15) is 0 Å². The van der Waals surface area contributed by atoms with Crippen molar-refractivity contribution in [2.45, 2.75) is 52.4 Å². The molecule has 2 rings (SSSR count). The summed E-state index contributed by atoms with van der Waals surface area (Å²) in [6.07, 6.45) is 4.10. The van der Waals surface area contributed by atoms with Crippen molar-refractivity contribution in [3.63, 3.8) is 0 Å². The van der Waals surface area contributed by atoms with Gasteiger partial charge < -0.3 is 10.2 Å². The second kappa shape index (κ2) is 5.84. The highest BCUT2D eigenvalue weighted by molar-refractivity contribution is 5.83. The summed E-state index contributed by atoms with van der Waals surface area (Å²) in [5.74, 6) is 0.383. The highest BCUT2D eigenvalue weighted by atomic mass is 16.4. The van der Waals surface area contributed by atoms with Crippen molar-refractivity contribution in [1.29, 1.82) is 0 Å². The quantitative estimate of drug-likeness (QED) is 0.812. The Balaban J connectivity index is 2.16. The first kappa shape index (κ1) is 15.5. The third kappa shape index (κ3) is 2.62. The van der Waals surface area contributed by atoms with E-state index in [0.717, 1.165) is 19.3 Å². The smallest absolute Gasteiger partial charge is 0.303 e. The normalized spacial score (nSPS) is 38.5. The van der Waals surface area contributed by atoms with Gasteiger partial charge in [0.05, 0.1) is 0 Å². The molecule has 2 fully saturated rings. The molecule has 5 atom stereocenters. The van der Waals surface area contributed by atoms with E-state index in [-0.39, 0.29) is 36.1 Å². The van der Waals surface area contributed by atoms with E-state index in [1.54, 1.807) is 0 Å². The number of Topliss-reactive ketones (excluding diaryl/α,β-unsaturated/α-hetero) is 1. The summed E-state index contributed by atoms with van der Waals surface area (Å²) in [4.78, 5) is 23.0. The van der Waals surface area contributed by atoms with Crippen LogP contribution in [0.15, 0.2) is 0 Å². The molecule has 0 spiro atoms. The number of fused-ring (bicyclic) bond motifs is 1. The number of aliphatic hydroxyl groups excluding tert-OH is 1. The molecule has 114 valence electrons. The van der Waals surface area contributed by atoms with Gasteiger partial charge in [0.15, 0.2) is 0 Å². The number of carbonyl (C=O) groups excluding carboxylic acids is 1. The summed E-state index contributed by atoms with van der Waals surface area (Å²) in [5, 5.41) is 18.3. The lowest BCUT2D eigenvalue weighted by molar-refractivity contribution is -0.139. The molecule has 0 aromatic carbocycles. The monoisotopic (exact) mass is 282 g/mol. The van der Waals surface area contributed by atoms with Crippen LogP contribution in [-0.4, -0.2) is 28.6 Å². The Morgan fingerprint density at radius 3 is 2.75 bits per heavy atom. The van der Waals surface area contributed by atoms with E-state index >= 15 is 0 Å². The first-order chi connectivity index (χ1) is 9.40. The van der Waals surface area contributed by atoms with Crippen LogP contribution in [-0.2, 0) is 9.59 Å². The molecule has 2 unspecified atom stereocenters.